The molecule has 1 aliphatic rings. The van der Waals surface area contributed by atoms with E-state index in [-0.39, 0.29) is 35.3 Å². The first kappa shape index (κ1) is 30.1. The standard InChI is InChI=1S/C31H24ClF3N4O3S/c32-23-9-11-24(12-10-23)37-28(40)18-27-29(41)39(16-15-20-5-2-1-3-6-20)30(43-27)38-36-19-25-13-14-26(42-25)21-7-4-8-22(17-21)31(33,34)35/h1-14,17,19,27H,15-16,18H2,(H,37,40)/b36-19+,38-30-. The van der Waals surface area contributed by atoms with E-state index in [1.807, 2.05) is 30.3 Å². The third-order valence-corrected chi connectivity index (χ3v) is 7.83. The Hall–Kier alpha value is -4.35. The molecular weight excluding hydrogens is 601 g/mol. The molecule has 1 saturated heterocycles. The molecule has 7 nitrogen and oxygen atoms in total. The number of nitrogens with one attached hydrogen (secondary N) is 1. The molecule has 4 aromatic rings. The zero-order chi connectivity index (χ0) is 30.4. The lowest BCUT2D eigenvalue weighted by Gasteiger charge is -2.15. The van der Waals surface area contributed by atoms with E-state index in [1.54, 1.807) is 36.4 Å². The van der Waals surface area contributed by atoms with Crippen LogP contribution >= 0.6 is 23.4 Å². The number of hydrogen-bond acceptors (Lipinski definition) is 6. The van der Waals surface area contributed by atoms with Gasteiger partial charge in [-0.3, -0.25) is 14.5 Å². The topological polar surface area (TPSA) is 87.3 Å². The predicted octanol–water partition coefficient (Wildman–Crippen LogP) is 7.52. The van der Waals surface area contributed by atoms with E-state index in [4.69, 9.17) is 16.0 Å². The summed E-state index contributed by atoms with van der Waals surface area (Å²) >= 11 is 7.05. The smallest absolute Gasteiger partial charge is 0.416 e. The van der Waals surface area contributed by atoms with Gasteiger partial charge in [0.15, 0.2) is 5.17 Å². The molecule has 3 aromatic carbocycles. The summed E-state index contributed by atoms with van der Waals surface area (Å²) in [5, 5.41) is 11.3. The molecular formula is C31H24ClF3N4O3S. The minimum absolute atomic E-state index is 0.0742. The van der Waals surface area contributed by atoms with Gasteiger partial charge in [0, 0.05) is 29.2 Å². The van der Waals surface area contributed by atoms with Crippen LogP contribution < -0.4 is 5.32 Å². The van der Waals surface area contributed by atoms with E-state index in [1.165, 1.54) is 23.2 Å². The van der Waals surface area contributed by atoms with Crippen molar-refractivity contribution in [3.8, 4) is 11.3 Å². The maximum atomic E-state index is 13.3. The van der Waals surface area contributed by atoms with Crippen molar-refractivity contribution in [1.82, 2.24) is 4.90 Å². The molecule has 220 valence electrons. The maximum Gasteiger partial charge on any atom is 0.416 e. The summed E-state index contributed by atoms with van der Waals surface area (Å²) in [5.41, 5.74) is 1.08. The van der Waals surface area contributed by atoms with Crippen LogP contribution in [0.3, 0.4) is 0 Å². The predicted molar refractivity (Wildman–Crippen MR) is 162 cm³/mol. The van der Waals surface area contributed by atoms with Crippen molar-refractivity contribution in [2.45, 2.75) is 24.3 Å². The fourth-order valence-corrected chi connectivity index (χ4v) is 5.53. The van der Waals surface area contributed by atoms with Crippen molar-refractivity contribution in [3.63, 3.8) is 0 Å². The number of amidine groups is 1. The highest BCUT2D eigenvalue weighted by atomic mass is 35.5. The van der Waals surface area contributed by atoms with Gasteiger partial charge < -0.3 is 9.73 Å². The van der Waals surface area contributed by atoms with Crippen LogP contribution in [0.1, 0.15) is 23.3 Å². The van der Waals surface area contributed by atoms with Crippen molar-refractivity contribution in [2.24, 2.45) is 10.2 Å². The fraction of sp³-hybridized carbons (Fsp3) is 0.161. The molecule has 0 aliphatic carbocycles. The quantitative estimate of drug-likeness (QED) is 0.154. The van der Waals surface area contributed by atoms with E-state index < -0.39 is 17.0 Å². The average Bonchev–Trinajstić information content (AvgIpc) is 3.58. The van der Waals surface area contributed by atoms with Gasteiger partial charge in [-0.05, 0) is 60.5 Å². The molecule has 1 atom stereocenters. The van der Waals surface area contributed by atoms with Gasteiger partial charge in [0.05, 0.1) is 11.8 Å². The molecule has 0 bridgehead atoms. The highest BCUT2D eigenvalue weighted by Crippen LogP contribution is 2.33. The first-order valence-corrected chi connectivity index (χ1v) is 14.4. The van der Waals surface area contributed by atoms with Crippen LogP contribution in [0.5, 0.6) is 0 Å². The molecule has 2 heterocycles. The van der Waals surface area contributed by atoms with E-state index >= 15 is 0 Å². The molecule has 2 amide bonds. The van der Waals surface area contributed by atoms with E-state index in [9.17, 15) is 22.8 Å². The summed E-state index contributed by atoms with van der Waals surface area (Å²) in [6, 6.07) is 24.2. The number of furan rings is 1. The number of rotatable bonds is 9. The first-order valence-electron chi connectivity index (χ1n) is 13.1. The monoisotopic (exact) mass is 624 g/mol. The normalized spacial score (nSPS) is 16.4. The molecule has 1 aromatic heterocycles. The lowest BCUT2D eigenvalue weighted by Crippen LogP contribution is -2.35. The molecule has 0 radical (unpaired) electrons. The van der Waals surface area contributed by atoms with Gasteiger partial charge in [-0.1, -0.05) is 65.8 Å². The second-order valence-electron chi connectivity index (χ2n) is 9.50. The summed E-state index contributed by atoms with van der Waals surface area (Å²) in [4.78, 5) is 27.6. The summed E-state index contributed by atoms with van der Waals surface area (Å²) in [6.45, 7) is 0.333. The number of benzene rings is 3. The van der Waals surface area contributed by atoms with Crippen LogP contribution in [-0.4, -0.2) is 39.9 Å². The molecule has 43 heavy (non-hydrogen) atoms. The molecule has 0 saturated carbocycles. The minimum Gasteiger partial charge on any atom is -0.455 e. The largest absolute Gasteiger partial charge is 0.455 e. The lowest BCUT2D eigenvalue weighted by molar-refractivity contribution is -0.137. The zero-order valence-corrected chi connectivity index (χ0v) is 24.0. The number of halogens is 4. The van der Waals surface area contributed by atoms with Crippen molar-refractivity contribution in [1.29, 1.82) is 0 Å². The Balaban J connectivity index is 1.30. The van der Waals surface area contributed by atoms with Crippen LogP contribution in [0.4, 0.5) is 18.9 Å². The summed E-state index contributed by atoms with van der Waals surface area (Å²) in [7, 11) is 0. The van der Waals surface area contributed by atoms with Gasteiger partial charge in [0.25, 0.3) is 0 Å². The Morgan fingerprint density at radius 2 is 1.79 bits per heavy atom. The Labute approximate surface area is 254 Å². The lowest BCUT2D eigenvalue weighted by atomic mass is 10.1. The summed E-state index contributed by atoms with van der Waals surface area (Å²) < 4.78 is 45.0. The Kier molecular flexibility index (Phi) is 9.32. The SMILES string of the molecule is O=C(CC1S/C(=N\N=C\c2ccc(-c3cccc(C(F)(F)F)c3)o2)N(CCc2ccccc2)C1=O)Nc1ccc(Cl)cc1. The summed E-state index contributed by atoms with van der Waals surface area (Å²) in [5.74, 6) is -0.0905. The second kappa shape index (κ2) is 13.3. The van der Waals surface area contributed by atoms with E-state index in [0.717, 1.165) is 29.5 Å². The van der Waals surface area contributed by atoms with E-state index in [0.29, 0.717) is 28.8 Å². The van der Waals surface area contributed by atoms with Gasteiger partial charge in [0.1, 0.15) is 16.8 Å². The number of anilines is 1. The highest BCUT2D eigenvalue weighted by molar-refractivity contribution is 8.15. The van der Waals surface area contributed by atoms with Crippen molar-refractivity contribution >= 4 is 52.2 Å². The van der Waals surface area contributed by atoms with Crippen LogP contribution in [0.25, 0.3) is 11.3 Å². The third kappa shape index (κ3) is 7.94. The summed E-state index contributed by atoms with van der Waals surface area (Å²) in [6.07, 6.45) is -2.67. The van der Waals surface area contributed by atoms with Crippen LogP contribution in [0.2, 0.25) is 5.02 Å². The van der Waals surface area contributed by atoms with Crippen LogP contribution in [0, 0.1) is 0 Å². The van der Waals surface area contributed by atoms with Gasteiger partial charge >= 0.3 is 6.18 Å². The van der Waals surface area contributed by atoms with Crippen molar-refractivity contribution in [3.05, 3.63) is 113 Å². The molecule has 12 heteroatoms. The number of amides is 2. The zero-order valence-electron chi connectivity index (χ0n) is 22.4. The molecule has 1 unspecified atom stereocenters. The number of carbonyl (C=O) groups is 2. The average molecular weight is 625 g/mol. The second-order valence-corrected chi connectivity index (χ2v) is 11.1. The Bertz CT molecular complexity index is 1660. The van der Waals surface area contributed by atoms with Gasteiger partial charge in [-0.25, -0.2) is 0 Å². The number of alkyl halides is 3. The number of hydrogen-bond donors (Lipinski definition) is 1. The third-order valence-electron chi connectivity index (χ3n) is 6.42. The molecule has 5 rings (SSSR count). The molecule has 0 spiro atoms. The highest BCUT2D eigenvalue weighted by Gasteiger charge is 2.39. The fourth-order valence-electron chi connectivity index (χ4n) is 4.28. The van der Waals surface area contributed by atoms with Crippen molar-refractivity contribution in [2.75, 3.05) is 11.9 Å². The van der Waals surface area contributed by atoms with Crippen LogP contribution in [-0.2, 0) is 22.2 Å². The molecule has 1 N–H and O–H groups in total. The molecule has 1 fully saturated rings. The van der Waals surface area contributed by atoms with Crippen LogP contribution in [0.15, 0.2) is 106 Å². The van der Waals surface area contributed by atoms with Gasteiger partial charge in [0.2, 0.25) is 11.8 Å². The number of thioether (sulfide) groups is 1. The molecule has 1 aliphatic heterocycles. The maximum absolute atomic E-state index is 13.3. The van der Waals surface area contributed by atoms with Crippen molar-refractivity contribution < 1.29 is 27.2 Å². The van der Waals surface area contributed by atoms with E-state index in [2.05, 4.69) is 15.5 Å². The number of carbonyl (C=O) groups excluding carboxylic acids is 2. The Morgan fingerprint density at radius 1 is 1.02 bits per heavy atom. The van der Waals surface area contributed by atoms with Gasteiger partial charge in [-0.2, -0.15) is 18.3 Å². The Morgan fingerprint density at radius 3 is 2.53 bits per heavy atom. The number of nitrogens with zero attached hydrogens (tertiary/aromatic N) is 3. The van der Waals surface area contributed by atoms with Gasteiger partial charge in [-0.15, -0.1) is 5.10 Å². The first-order chi connectivity index (χ1) is 20.7. The minimum atomic E-state index is -4.47.